The minimum atomic E-state index is 0. The Balaban J connectivity index is 0.00000300. The third-order valence-corrected chi connectivity index (χ3v) is 6.93. The first-order valence-corrected chi connectivity index (χ1v) is 11.5. The summed E-state index contributed by atoms with van der Waals surface area (Å²) in [6.07, 6.45) is 8.39. The van der Waals surface area contributed by atoms with Crippen LogP contribution in [0.4, 0.5) is 0 Å². The Labute approximate surface area is 196 Å². The van der Waals surface area contributed by atoms with Crippen molar-refractivity contribution < 1.29 is 4.79 Å². The molecule has 0 spiro atoms. The number of halogens is 1. The van der Waals surface area contributed by atoms with Gasteiger partial charge in [-0.2, -0.15) is 0 Å². The molecule has 1 saturated heterocycles. The third kappa shape index (κ3) is 7.40. The lowest BCUT2D eigenvalue weighted by Crippen LogP contribution is -2.48. The van der Waals surface area contributed by atoms with E-state index in [0.717, 1.165) is 25.9 Å². The van der Waals surface area contributed by atoms with Gasteiger partial charge >= 0.3 is 0 Å². The van der Waals surface area contributed by atoms with Gasteiger partial charge in [-0.3, -0.25) is 14.7 Å². The number of amides is 1. The molecule has 1 aliphatic carbocycles. The normalized spacial score (nSPS) is 23.9. The van der Waals surface area contributed by atoms with Gasteiger partial charge in [-0.1, -0.05) is 25.3 Å². The minimum Gasteiger partial charge on any atom is -0.356 e. The third-order valence-electron chi connectivity index (χ3n) is 5.98. The summed E-state index contributed by atoms with van der Waals surface area (Å²) in [5, 5.41) is 11.9. The fourth-order valence-corrected chi connectivity index (χ4v) is 5.50. The second-order valence-corrected chi connectivity index (χ2v) is 9.03. The minimum absolute atomic E-state index is 0. The highest BCUT2D eigenvalue weighted by Gasteiger charge is 2.31. The fourth-order valence-electron chi connectivity index (χ4n) is 4.52. The van der Waals surface area contributed by atoms with Crippen LogP contribution < -0.4 is 16.0 Å². The van der Waals surface area contributed by atoms with E-state index in [9.17, 15) is 4.79 Å². The van der Waals surface area contributed by atoms with E-state index in [1.165, 1.54) is 37.0 Å². The lowest BCUT2D eigenvalue weighted by atomic mass is 9.88. The van der Waals surface area contributed by atoms with Crippen LogP contribution in [0.5, 0.6) is 0 Å². The van der Waals surface area contributed by atoms with E-state index in [2.05, 4.69) is 50.4 Å². The van der Waals surface area contributed by atoms with E-state index in [1.807, 2.05) is 11.3 Å². The number of guanidine groups is 1. The van der Waals surface area contributed by atoms with E-state index in [4.69, 9.17) is 0 Å². The summed E-state index contributed by atoms with van der Waals surface area (Å²) in [7, 11) is 3.98. The zero-order chi connectivity index (χ0) is 19.8. The lowest BCUT2D eigenvalue weighted by Gasteiger charge is -2.39. The number of nitrogens with one attached hydrogen (secondary N) is 3. The molecule has 3 N–H and O–H groups in total. The second-order valence-electron chi connectivity index (χ2n) is 8.05. The predicted octanol–water partition coefficient (Wildman–Crippen LogP) is 3.36. The molecule has 1 saturated carbocycles. The molecule has 1 aromatic rings. The summed E-state index contributed by atoms with van der Waals surface area (Å²) in [6, 6.07) is 5.18. The summed E-state index contributed by atoms with van der Waals surface area (Å²) >= 11 is 1.84. The molecule has 2 aliphatic rings. The molecule has 1 aliphatic heterocycles. The van der Waals surface area contributed by atoms with Gasteiger partial charge in [-0.15, -0.1) is 35.3 Å². The molecule has 164 valence electrons. The van der Waals surface area contributed by atoms with Crippen molar-refractivity contribution >= 4 is 47.2 Å². The molecule has 6 nitrogen and oxygen atoms in total. The van der Waals surface area contributed by atoms with Crippen molar-refractivity contribution in [2.45, 2.75) is 57.0 Å². The fraction of sp³-hybridized carbons (Fsp3) is 0.714. The zero-order valence-corrected chi connectivity index (χ0v) is 20.8. The molecular formula is C21H36IN5OS. The van der Waals surface area contributed by atoms with E-state index in [1.54, 1.807) is 7.05 Å². The van der Waals surface area contributed by atoms with Crippen molar-refractivity contribution in [2.24, 2.45) is 10.9 Å². The van der Waals surface area contributed by atoms with E-state index < -0.39 is 0 Å². The van der Waals surface area contributed by atoms with Crippen molar-refractivity contribution in [1.82, 2.24) is 20.9 Å². The van der Waals surface area contributed by atoms with Crippen LogP contribution in [-0.2, 0) is 4.79 Å². The van der Waals surface area contributed by atoms with Crippen LogP contribution >= 0.6 is 35.3 Å². The SMILES string of the molecule is CN=C(NCC(=O)NC1CCCCC1)NCC1CCCN(C)C1c1cccs1.I. The van der Waals surface area contributed by atoms with Crippen molar-refractivity contribution in [3.8, 4) is 0 Å². The van der Waals surface area contributed by atoms with Gasteiger partial charge in [0.25, 0.3) is 0 Å². The molecule has 2 heterocycles. The van der Waals surface area contributed by atoms with E-state index in [0.29, 0.717) is 24.0 Å². The Kier molecular flexibility index (Phi) is 10.7. The van der Waals surface area contributed by atoms with Gasteiger partial charge in [0.2, 0.25) is 5.91 Å². The van der Waals surface area contributed by atoms with Crippen molar-refractivity contribution in [1.29, 1.82) is 0 Å². The first-order valence-electron chi connectivity index (χ1n) is 10.6. The number of piperidine rings is 1. The number of rotatable bonds is 6. The average molecular weight is 534 g/mol. The predicted molar refractivity (Wildman–Crippen MR) is 132 cm³/mol. The van der Waals surface area contributed by atoms with Crippen molar-refractivity contribution in [3.63, 3.8) is 0 Å². The van der Waals surface area contributed by atoms with Crippen LogP contribution in [0, 0.1) is 5.92 Å². The molecule has 2 atom stereocenters. The number of nitrogens with zero attached hydrogens (tertiary/aromatic N) is 2. The molecule has 0 bridgehead atoms. The van der Waals surface area contributed by atoms with Gasteiger partial charge in [0.1, 0.15) is 0 Å². The largest absolute Gasteiger partial charge is 0.356 e. The summed E-state index contributed by atoms with van der Waals surface area (Å²) in [5.74, 6) is 1.30. The average Bonchev–Trinajstić information content (AvgIpc) is 3.23. The van der Waals surface area contributed by atoms with Gasteiger partial charge in [-0.25, -0.2) is 0 Å². The topological polar surface area (TPSA) is 68.8 Å². The van der Waals surface area contributed by atoms with Gasteiger partial charge < -0.3 is 16.0 Å². The molecule has 3 rings (SSSR count). The van der Waals surface area contributed by atoms with Crippen molar-refractivity contribution in [2.75, 3.05) is 33.7 Å². The Bertz CT molecular complexity index is 633. The molecular weight excluding hydrogens is 497 g/mol. The highest BCUT2D eigenvalue weighted by Crippen LogP contribution is 2.36. The maximum absolute atomic E-state index is 12.2. The summed E-state index contributed by atoms with van der Waals surface area (Å²) < 4.78 is 0. The Hall–Kier alpha value is -0.870. The summed E-state index contributed by atoms with van der Waals surface area (Å²) in [6.45, 7) is 2.28. The number of hydrogen-bond donors (Lipinski definition) is 3. The van der Waals surface area contributed by atoms with E-state index >= 15 is 0 Å². The molecule has 8 heteroatoms. The van der Waals surface area contributed by atoms with Gasteiger partial charge in [0.05, 0.1) is 6.54 Å². The van der Waals surface area contributed by atoms with Crippen LogP contribution in [0.15, 0.2) is 22.5 Å². The molecule has 1 aromatic heterocycles. The smallest absolute Gasteiger partial charge is 0.239 e. The lowest BCUT2D eigenvalue weighted by molar-refractivity contribution is -0.120. The molecule has 0 radical (unpaired) electrons. The first-order chi connectivity index (χ1) is 13.7. The number of carbonyl (C=O) groups is 1. The number of likely N-dealkylation sites (tertiary alicyclic amines) is 1. The Morgan fingerprint density at radius 2 is 2.00 bits per heavy atom. The molecule has 29 heavy (non-hydrogen) atoms. The maximum Gasteiger partial charge on any atom is 0.239 e. The molecule has 1 amide bonds. The highest BCUT2D eigenvalue weighted by molar-refractivity contribution is 14.0. The summed E-state index contributed by atoms with van der Waals surface area (Å²) in [5.41, 5.74) is 0. The molecule has 2 fully saturated rings. The van der Waals surface area contributed by atoms with Crippen LogP contribution in [0.25, 0.3) is 0 Å². The van der Waals surface area contributed by atoms with Crippen LogP contribution in [0.2, 0.25) is 0 Å². The Morgan fingerprint density at radius 3 is 2.69 bits per heavy atom. The maximum atomic E-state index is 12.2. The standard InChI is InChI=1S/C21H35N5OS.HI/c1-22-21(24-15-19(27)25-17-9-4-3-5-10-17)23-14-16-8-6-12-26(2)20(16)18-11-7-13-28-18;/h7,11,13,16-17,20H,3-6,8-10,12,14-15H2,1-2H3,(H,25,27)(H2,22,23,24);1H. The Morgan fingerprint density at radius 1 is 1.21 bits per heavy atom. The van der Waals surface area contributed by atoms with Crippen LogP contribution in [-0.4, -0.2) is 56.5 Å². The quantitative estimate of drug-likeness (QED) is 0.298. The van der Waals surface area contributed by atoms with Gasteiger partial charge in [0.15, 0.2) is 5.96 Å². The second kappa shape index (κ2) is 12.7. The first kappa shape index (κ1) is 24.4. The van der Waals surface area contributed by atoms with Crippen LogP contribution in [0.1, 0.15) is 55.9 Å². The summed E-state index contributed by atoms with van der Waals surface area (Å²) in [4.78, 5) is 20.4. The van der Waals surface area contributed by atoms with Gasteiger partial charge in [-0.05, 0) is 56.6 Å². The molecule has 0 aromatic carbocycles. The monoisotopic (exact) mass is 533 g/mol. The highest BCUT2D eigenvalue weighted by atomic mass is 127. The van der Waals surface area contributed by atoms with E-state index in [-0.39, 0.29) is 36.4 Å². The van der Waals surface area contributed by atoms with Crippen molar-refractivity contribution in [3.05, 3.63) is 22.4 Å². The number of aliphatic imine (C=N–C) groups is 1. The zero-order valence-electron chi connectivity index (χ0n) is 17.7. The van der Waals surface area contributed by atoms with Crippen LogP contribution in [0.3, 0.4) is 0 Å². The number of thiophene rings is 1. The van der Waals surface area contributed by atoms with Gasteiger partial charge in [0, 0.05) is 30.6 Å². The number of hydrogen-bond acceptors (Lipinski definition) is 4. The molecule has 2 unspecified atom stereocenters. The number of carbonyl (C=O) groups excluding carboxylic acids is 1.